The van der Waals surface area contributed by atoms with Crippen molar-refractivity contribution in [1.29, 1.82) is 5.26 Å². The molecule has 2 saturated heterocycles. The van der Waals surface area contributed by atoms with Crippen LogP contribution in [0, 0.1) is 11.5 Å². The van der Waals surface area contributed by atoms with E-state index in [-0.39, 0.29) is 5.54 Å². The first-order valence-electron chi connectivity index (χ1n) is 5.67. The first-order valence-corrected chi connectivity index (χ1v) is 5.67. The SMILES string of the molecule is CC(C)N1CCC2(COCCN2C#N)C1. The number of nitriles is 1. The highest BCUT2D eigenvalue weighted by molar-refractivity contribution is 5.05. The van der Waals surface area contributed by atoms with Crippen LogP contribution in [-0.2, 0) is 4.74 Å². The van der Waals surface area contributed by atoms with E-state index in [0.29, 0.717) is 19.3 Å². The summed E-state index contributed by atoms with van der Waals surface area (Å²) in [7, 11) is 0. The molecule has 15 heavy (non-hydrogen) atoms. The summed E-state index contributed by atoms with van der Waals surface area (Å²) in [6.45, 7) is 8.62. The summed E-state index contributed by atoms with van der Waals surface area (Å²) in [5.74, 6) is 0. The number of likely N-dealkylation sites (tertiary alicyclic amines) is 1. The summed E-state index contributed by atoms with van der Waals surface area (Å²) < 4.78 is 5.55. The molecule has 1 spiro atoms. The Balaban J connectivity index is 2.10. The Morgan fingerprint density at radius 3 is 2.80 bits per heavy atom. The van der Waals surface area contributed by atoms with E-state index in [0.717, 1.165) is 26.1 Å². The molecule has 1 atom stereocenters. The van der Waals surface area contributed by atoms with Gasteiger partial charge in [0.15, 0.2) is 6.19 Å². The monoisotopic (exact) mass is 209 g/mol. The molecule has 0 N–H and O–H groups in total. The Labute approximate surface area is 91.4 Å². The van der Waals surface area contributed by atoms with Gasteiger partial charge in [0.25, 0.3) is 0 Å². The van der Waals surface area contributed by atoms with Crippen molar-refractivity contribution in [3.8, 4) is 6.19 Å². The molecule has 2 aliphatic rings. The van der Waals surface area contributed by atoms with Crippen molar-refractivity contribution in [3.05, 3.63) is 0 Å². The molecule has 4 heteroatoms. The zero-order valence-corrected chi connectivity index (χ0v) is 9.57. The van der Waals surface area contributed by atoms with Crippen molar-refractivity contribution in [2.45, 2.75) is 31.8 Å². The predicted molar refractivity (Wildman–Crippen MR) is 57.2 cm³/mol. The third-order valence-corrected chi connectivity index (χ3v) is 3.62. The second-order valence-corrected chi connectivity index (χ2v) is 4.84. The van der Waals surface area contributed by atoms with Crippen molar-refractivity contribution < 1.29 is 4.74 Å². The number of nitrogens with zero attached hydrogens (tertiary/aromatic N) is 3. The summed E-state index contributed by atoms with van der Waals surface area (Å²) in [6.07, 6.45) is 3.38. The minimum Gasteiger partial charge on any atom is -0.377 e. The van der Waals surface area contributed by atoms with Crippen molar-refractivity contribution in [2.75, 3.05) is 32.8 Å². The van der Waals surface area contributed by atoms with E-state index in [4.69, 9.17) is 10.00 Å². The highest BCUT2D eigenvalue weighted by atomic mass is 16.5. The number of rotatable bonds is 1. The van der Waals surface area contributed by atoms with Crippen molar-refractivity contribution >= 4 is 0 Å². The third-order valence-electron chi connectivity index (χ3n) is 3.62. The van der Waals surface area contributed by atoms with Gasteiger partial charge < -0.3 is 4.74 Å². The molecule has 1 unspecified atom stereocenters. The van der Waals surface area contributed by atoms with Crippen molar-refractivity contribution in [2.24, 2.45) is 0 Å². The van der Waals surface area contributed by atoms with Gasteiger partial charge in [-0.2, -0.15) is 5.26 Å². The molecule has 0 aromatic rings. The number of ether oxygens (including phenoxy) is 1. The van der Waals surface area contributed by atoms with Crippen LogP contribution in [0.4, 0.5) is 0 Å². The fourth-order valence-electron chi connectivity index (χ4n) is 2.56. The molecule has 0 bridgehead atoms. The van der Waals surface area contributed by atoms with Gasteiger partial charge in [0.05, 0.1) is 25.3 Å². The number of hydrogen-bond donors (Lipinski definition) is 0. The predicted octanol–water partition coefficient (Wildman–Crippen LogP) is 0.653. The molecular weight excluding hydrogens is 190 g/mol. The summed E-state index contributed by atoms with van der Waals surface area (Å²) in [5.41, 5.74) is -0.0305. The fourth-order valence-corrected chi connectivity index (χ4v) is 2.56. The number of morpholine rings is 1. The van der Waals surface area contributed by atoms with E-state index >= 15 is 0 Å². The molecular formula is C11H19N3O. The van der Waals surface area contributed by atoms with Crippen LogP contribution in [0.5, 0.6) is 0 Å². The molecule has 84 valence electrons. The maximum Gasteiger partial charge on any atom is 0.180 e. The van der Waals surface area contributed by atoms with Gasteiger partial charge in [-0.3, -0.25) is 9.80 Å². The van der Waals surface area contributed by atoms with Crippen molar-refractivity contribution in [1.82, 2.24) is 9.80 Å². The smallest absolute Gasteiger partial charge is 0.180 e. The van der Waals surface area contributed by atoms with Gasteiger partial charge in [0.2, 0.25) is 0 Å². The maximum absolute atomic E-state index is 9.14. The number of hydrogen-bond acceptors (Lipinski definition) is 4. The highest BCUT2D eigenvalue weighted by Crippen LogP contribution is 2.31. The molecule has 0 amide bonds. The molecule has 0 aliphatic carbocycles. The van der Waals surface area contributed by atoms with Crippen molar-refractivity contribution in [3.63, 3.8) is 0 Å². The summed E-state index contributed by atoms with van der Waals surface area (Å²) in [5, 5.41) is 9.14. The Morgan fingerprint density at radius 1 is 1.40 bits per heavy atom. The minimum atomic E-state index is -0.0305. The summed E-state index contributed by atoms with van der Waals surface area (Å²) in [6, 6.07) is 0.562. The first kappa shape index (κ1) is 10.7. The summed E-state index contributed by atoms with van der Waals surface area (Å²) in [4.78, 5) is 4.36. The standard InChI is InChI=1S/C11H19N3O/c1-10(2)13-4-3-11(7-13)8-15-6-5-14(11)9-12/h10H,3-8H2,1-2H3. The Bertz CT molecular complexity index is 273. The van der Waals surface area contributed by atoms with Gasteiger partial charge in [-0.05, 0) is 20.3 Å². The third kappa shape index (κ3) is 1.82. The lowest BCUT2D eigenvalue weighted by Crippen LogP contribution is -2.56. The lowest BCUT2D eigenvalue weighted by Gasteiger charge is -2.41. The van der Waals surface area contributed by atoms with E-state index in [9.17, 15) is 0 Å². The average Bonchev–Trinajstić information content (AvgIpc) is 2.64. The molecule has 2 fully saturated rings. The van der Waals surface area contributed by atoms with Crippen LogP contribution in [0.2, 0.25) is 0 Å². The highest BCUT2D eigenvalue weighted by Gasteiger charge is 2.45. The van der Waals surface area contributed by atoms with Crippen LogP contribution >= 0.6 is 0 Å². The molecule has 0 radical (unpaired) electrons. The minimum absolute atomic E-state index is 0.0305. The molecule has 2 rings (SSSR count). The van der Waals surface area contributed by atoms with Crippen LogP contribution in [0.15, 0.2) is 0 Å². The Morgan fingerprint density at radius 2 is 2.20 bits per heavy atom. The van der Waals surface area contributed by atoms with Gasteiger partial charge in [0, 0.05) is 19.1 Å². The lowest BCUT2D eigenvalue weighted by atomic mass is 9.96. The Hall–Kier alpha value is -0.790. The van der Waals surface area contributed by atoms with Gasteiger partial charge in [-0.15, -0.1) is 0 Å². The second-order valence-electron chi connectivity index (χ2n) is 4.84. The van der Waals surface area contributed by atoms with E-state index < -0.39 is 0 Å². The van der Waals surface area contributed by atoms with Gasteiger partial charge in [-0.25, -0.2) is 0 Å². The molecule has 2 heterocycles. The van der Waals surface area contributed by atoms with E-state index in [1.54, 1.807) is 0 Å². The molecule has 0 saturated carbocycles. The average molecular weight is 209 g/mol. The zero-order valence-electron chi connectivity index (χ0n) is 9.57. The largest absolute Gasteiger partial charge is 0.377 e. The summed E-state index contributed by atoms with van der Waals surface area (Å²) >= 11 is 0. The molecule has 0 aromatic carbocycles. The van der Waals surface area contributed by atoms with Crippen LogP contribution in [0.1, 0.15) is 20.3 Å². The second kappa shape index (κ2) is 3.99. The molecule has 0 aromatic heterocycles. The molecule has 2 aliphatic heterocycles. The topological polar surface area (TPSA) is 39.5 Å². The maximum atomic E-state index is 9.14. The zero-order chi connectivity index (χ0) is 10.9. The Kier molecular flexibility index (Phi) is 2.85. The van der Waals surface area contributed by atoms with E-state index in [1.807, 2.05) is 4.90 Å². The lowest BCUT2D eigenvalue weighted by molar-refractivity contribution is -0.0359. The normalized spacial score (nSPS) is 32.5. The van der Waals surface area contributed by atoms with Crippen LogP contribution in [-0.4, -0.2) is 54.2 Å². The van der Waals surface area contributed by atoms with Gasteiger partial charge in [-0.1, -0.05) is 0 Å². The van der Waals surface area contributed by atoms with Crippen LogP contribution < -0.4 is 0 Å². The first-order chi connectivity index (χ1) is 7.18. The van der Waals surface area contributed by atoms with Gasteiger partial charge >= 0.3 is 0 Å². The molecule has 4 nitrogen and oxygen atoms in total. The van der Waals surface area contributed by atoms with Gasteiger partial charge in [0.1, 0.15) is 0 Å². The van der Waals surface area contributed by atoms with E-state index in [2.05, 4.69) is 24.9 Å². The van der Waals surface area contributed by atoms with E-state index in [1.165, 1.54) is 0 Å². The quantitative estimate of drug-likeness (QED) is 0.595. The fraction of sp³-hybridized carbons (Fsp3) is 0.909. The van der Waals surface area contributed by atoms with Crippen LogP contribution in [0.3, 0.4) is 0 Å². The van der Waals surface area contributed by atoms with Crippen LogP contribution in [0.25, 0.3) is 0 Å².